The summed E-state index contributed by atoms with van der Waals surface area (Å²) in [5, 5.41) is 17.4. The summed E-state index contributed by atoms with van der Waals surface area (Å²) in [6.45, 7) is 3.37. The summed E-state index contributed by atoms with van der Waals surface area (Å²) in [6, 6.07) is 1.75. The summed E-state index contributed by atoms with van der Waals surface area (Å²) in [7, 11) is 3.71. The van der Waals surface area contributed by atoms with E-state index >= 15 is 0 Å². The van der Waals surface area contributed by atoms with Gasteiger partial charge >= 0.3 is 0 Å². The van der Waals surface area contributed by atoms with Gasteiger partial charge in [-0.25, -0.2) is 15.0 Å². The van der Waals surface area contributed by atoms with E-state index in [-0.39, 0.29) is 6.61 Å². The lowest BCUT2D eigenvalue weighted by Crippen LogP contribution is -2.15. The van der Waals surface area contributed by atoms with E-state index < -0.39 is 0 Å². The van der Waals surface area contributed by atoms with Crippen LogP contribution in [0.25, 0.3) is 11.0 Å². The molecule has 0 atom stereocenters. The van der Waals surface area contributed by atoms with Gasteiger partial charge in [0, 0.05) is 26.9 Å². The maximum atomic E-state index is 9.71. The van der Waals surface area contributed by atoms with Crippen molar-refractivity contribution in [3.63, 3.8) is 0 Å². The second-order valence-electron chi connectivity index (χ2n) is 5.71. The van der Waals surface area contributed by atoms with Crippen molar-refractivity contribution in [3.8, 4) is 0 Å². The fourth-order valence-corrected chi connectivity index (χ4v) is 2.47. The van der Waals surface area contributed by atoms with Crippen LogP contribution in [0.4, 0.5) is 17.6 Å². The Morgan fingerprint density at radius 2 is 2.15 bits per heavy atom. The van der Waals surface area contributed by atoms with Gasteiger partial charge in [-0.3, -0.25) is 4.68 Å². The largest absolute Gasteiger partial charge is 0.390 e. The molecule has 0 fully saturated rings. The SMILES string of the molecule is CCOCCn1nc(CO)c2nc(N(C)C)nc(Nc3ccncn3)c21. The first-order chi connectivity index (χ1) is 12.6. The average Bonchev–Trinajstić information content (AvgIpc) is 3.01. The highest BCUT2D eigenvalue weighted by molar-refractivity contribution is 5.90. The number of aliphatic hydroxyl groups is 1. The third-order valence-corrected chi connectivity index (χ3v) is 3.67. The lowest BCUT2D eigenvalue weighted by atomic mass is 10.3. The van der Waals surface area contributed by atoms with Crippen molar-refractivity contribution >= 4 is 28.6 Å². The molecule has 3 aromatic heterocycles. The number of nitrogens with zero attached hydrogens (tertiary/aromatic N) is 7. The lowest BCUT2D eigenvalue weighted by molar-refractivity contribution is 0.137. The van der Waals surface area contributed by atoms with Crippen molar-refractivity contribution in [2.45, 2.75) is 20.1 Å². The molecule has 26 heavy (non-hydrogen) atoms. The minimum atomic E-state index is -0.213. The number of nitrogens with one attached hydrogen (secondary N) is 1. The zero-order chi connectivity index (χ0) is 18.5. The molecule has 0 radical (unpaired) electrons. The Bertz CT molecular complexity index is 866. The summed E-state index contributed by atoms with van der Waals surface area (Å²) in [5.74, 6) is 1.67. The van der Waals surface area contributed by atoms with E-state index in [9.17, 15) is 5.11 Å². The predicted molar refractivity (Wildman–Crippen MR) is 97.4 cm³/mol. The minimum Gasteiger partial charge on any atom is -0.390 e. The van der Waals surface area contributed by atoms with Crippen molar-refractivity contribution < 1.29 is 9.84 Å². The van der Waals surface area contributed by atoms with Gasteiger partial charge in [-0.2, -0.15) is 10.1 Å². The van der Waals surface area contributed by atoms with Crippen LogP contribution >= 0.6 is 0 Å². The topological polar surface area (TPSA) is 114 Å². The Balaban J connectivity index is 2.13. The molecule has 0 bridgehead atoms. The second-order valence-corrected chi connectivity index (χ2v) is 5.71. The fourth-order valence-electron chi connectivity index (χ4n) is 2.47. The van der Waals surface area contributed by atoms with Crippen molar-refractivity contribution in [2.75, 3.05) is 37.5 Å². The third-order valence-electron chi connectivity index (χ3n) is 3.67. The Hall–Kier alpha value is -2.85. The van der Waals surface area contributed by atoms with E-state index in [4.69, 9.17) is 4.74 Å². The first-order valence-corrected chi connectivity index (χ1v) is 8.30. The van der Waals surface area contributed by atoms with Crippen molar-refractivity contribution in [3.05, 3.63) is 24.3 Å². The number of ether oxygens (including phenoxy) is 1. The van der Waals surface area contributed by atoms with E-state index in [0.717, 1.165) is 0 Å². The molecule has 0 unspecified atom stereocenters. The highest BCUT2D eigenvalue weighted by atomic mass is 16.5. The Morgan fingerprint density at radius 3 is 2.81 bits per heavy atom. The van der Waals surface area contributed by atoms with Gasteiger partial charge in [-0.15, -0.1) is 0 Å². The van der Waals surface area contributed by atoms with Gasteiger partial charge in [0.2, 0.25) is 5.95 Å². The summed E-state index contributed by atoms with van der Waals surface area (Å²) in [6.07, 6.45) is 3.10. The molecule has 0 saturated carbocycles. The highest BCUT2D eigenvalue weighted by Gasteiger charge is 2.19. The smallest absolute Gasteiger partial charge is 0.227 e. The quantitative estimate of drug-likeness (QED) is 0.568. The van der Waals surface area contributed by atoms with E-state index in [2.05, 4.69) is 30.4 Å². The third kappa shape index (κ3) is 3.70. The van der Waals surface area contributed by atoms with E-state index in [1.165, 1.54) is 6.33 Å². The molecule has 10 nitrogen and oxygen atoms in total. The molecule has 3 rings (SSSR count). The zero-order valence-corrected chi connectivity index (χ0v) is 15.0. The van der Waals surface area contributed by atoms with Gasteiger partial charge in [0.1, 0.15) is 28.9 Å². The number of aromatic nitrogens is 6. The Kier molecular flexibility index (Phi) is 5.54. The fraction of sp³-hybridized carbons (Fsp3) is 0.438. The summed E-state index contributed by atoms with van der Waals surface area (Å²) >= 11 is 0. The second kappa shape index (κ2) is 8.02. The maximum Gasteiger partial charge on any atom is 0.227 e. The molecule has 0 aromatic carbocycles. The summed E-state index contributed by atoms with van der Waals surface area (Å²) < 4.78 is 7.19. The van der Waals surface area contributed by atoms with Crippen molar-refractivity contribution in [2.24, 2.45) is 0 Å². The van der Waals surface area contributed by atoms with Crippen LogP contribution in [0.15, 0.2) is 18.6 Å². The number of fused-ring (bicyclic) bond motifs is 1. The molecule has 3 aromatic rings. The van der Waals surface area contributed by atoms with E-state index in [1.54, 1.807) is 21.8 Å². The molecule has 3 heterocycles. The van der Waals surface area contributed by atoms with Crippen LogP contribution in [0.1, 0.15) is 12.6 Å². The minimum absolute atomic E-state index is 0.213. The predicted octanol–water partition coefficient (Wildman–Crippen LogP) is 0.955. The number of anilines is 3. The molecule has 0 aliphatic carbocycles. The Labute approximate surface area is 150 Å². The van der Waals surface area contributed by atoms with Gasteiger partial charge in [0.25, 0.3) is 0 Å². The van der Waals surface area contributed by atoms with Crippen LogP contribution < -0.4 is 10.2 Å². The standard InChI is InChI=1S/C16H22N8O2/c1-4-26-8-7-24-14-13(11(9-25)22-24)20-16(23(2)3)21-15(14)19-12-5-6-17-10-18-12/h5-6,10,25H,4,7-9H2,1-3H3,(H,17,18,19,20,21). The van der Waals surface area contributed by atoms with Crippen LogP contribution in [-0.2, 0) is 17.9 Å². The molecule has 2 N–H and O–H groups in total. The number of rotatable bonds is 8. The van der Waals surface area contributed by atoms with Crippen LogP contribution in [0.3, 0.4) is 0 Å². The maximum absolute atomic E-state index is 9.71. The van der Waals surface area contributed by atoms with Gasteiger partial charge in [-0.1, -0.05) is 0 Å². The lowest BCUT2D eigenvalue weighted by Gasteiger charge is -2.14. The highest BCUT2D eigenvalue weighted by Crippen LogP contribution is 2.27. The number of hydrogen-bond acceptors (Lipinski definition) is 9. The zero-order valence-electron chi connectivity index (χ0n) is 15.0. The summed E-state index contributed by atoms with van der Waals surface area (Å²) in [5.41, 5.74) is 1.78. The molecule has 0 amide bonds. The van der Waals surface area contributed by atoms with Crippen molar-refractivity contribution in [1.82, 2.24) is 29.7 Å². The summed E-state index contributed by atoms with van der Waals surface area (Å²) in [4.78, 5) is 19.0. The molecule has 138 valence electrons. The van der Waals surface area contributed by atoms with Gasteiger partial charge < -0.3 is 20.1 Å². The van der Waals surface area contributed by atoms with Crippen LogP contribution in [0.2, 0.25) is 0 Å². The molecular formula is C16H22N8O2. The van der Waals surface area contributed by atoms with Gasteiger partial charge in [0.05, 0.1) is 19.8 Å². The van der Waals surface area contributed by atoms with Gasteiger partial charge in [-0.05, 0) is 13.0 Å². The van der Waals surface area contributed by atoms with Crippen molar-refractivity contribution in [1.29, 1.82) is 0 Å². The number of aliphatic hydroxyl groups excluding tert-OH is 1. The molecule has 0 spiro atoms. The molecule has 0 saturated heterocycles. The van der Waals surface area contributed by atoms with Crippen LogP contribution in [-0.4, -0.2) is 62.1 Å². The Morgan fingerprint density at radius 1 is 1.31 bits per heavy atom. The average molecular weight is 358 g/mol. The van der Waals surface area contributed by atoms with Crippen LogP contribution in [0, 0.1) is 0 Å². The van der Waals surface area contributed by atoms with Gasteiger partial charge in [0.15, 0.2) is 5.82 Å². The normalized spacial score (nSPS) is 11.1. The molecule has 0 aliphatic rings. The first-order valence-electron chi connectivity index (χ1n) is 8.30. The van der Waals surface area contributed by atoms with Crippen LogP contribution in [0.5, 0.6) is 0 Å². The number of hydrogen-bond donors (Lipinski definition) is 2. The molecular weight excluding hydrogens is 336 g/mol. The van der Waals surface area contributed by atoms with E-state index in [0.29, 0.717) is 54.1 Å². The molecule has 0 aliphatic heterocycles. The monoisotopic (exact) mass is 358 g/mol. The van der Waals surface area contributed by atoms with E-state index in [1.807, 2.05) is 21.0 Å². The molecule has 10 heteroatoms. The first kappa shape index (κ1) is 18.0.